The highest BCUT2D eigenvalue weighted by atomic mass is 79.9. The molecule has 0 unspecified atom stereocenters. The van der Waals surface area contributed by atoms with E-state index in [0.717, 1.165) is 11.3 Å². The summed E-state index contributed by atoms with van der Waals surface area (Å²) in [6, 6.07) is 10.4. The highest BCUT2D eigenvalue weighted by Gasteiger charge is 2.13. The predicted molar refractivity (Wildman–Crippen MR) is 79.0 cm³/mol. The number of nitrogens with zero attached hydrogens (tertiary/aromatic N) is 2. The molecule has 3 nitrogen and oxygen atoms in total. The molecule has 2 aromatic heterocycles. The molecule has 0 aliphatic carbocycles. The number of hydrogen-bond donors (Lipinski definition) is 0. The van der Waals surface area contributed by atoms with Crippen molar-refractivity contribution in [3.8, 4) is 11.6 Å². The molecular weight excluding hydrogens is 323 g/mol. The molecule has 0 aliphatic rings. The van der Waals surface area contributed by atoms with Gasteiger partial charge in [-0.15, -0.1) is 0 Å². The molecule has 0 bridgehead atoms. The molecular formula is C15H12BrFN2O. The number of hydrogen-bond acceptors (Lipinski definition) is 2. The van der Waals surface area contributed by atoms with Crippen LogP contribution >= 0.6 is 15.9 Å². The summed E-state index contributed by atoms with van der Waals surface area (Å²) in [5.41, 5.74) is 2.28. The molecule has 0 fully saturated rings. The Balaban J connectivity index is 2.03. The van der Waals surface area contributed by atoms with Crippen LogP contribution in [0.4, 0.5) is 4.39 Å². The summed E-state index contributed by atoms with van der Waals surface area (Å²) in [6.45, 7) is 1.71. The Hall–Kier alpha value is -1.88. The maximum absolute atomic E-state index is 13.3. The second-order valence-electron chi connectivity index (χ2n) is 4.44. The zero-order valence-corrected chi connectivity index (χ0v) is 12.4. The van der Waals surface area contributed by atoms with Crippen LogP contribution in [0.1, 0.15) is 11.3 Å². The lowest BCUT2D eigenvalue weighted by atomic mass is 10.2. The van der Waals surface area contributed by atoms with Crippen molar-refractivity contribution in [2.24, 2.45) is 0 Å². The van der Waals surface area contributed by atoms with Gasteiger partial charge in [-0.25, -0.2) is 4.39 Å². The summed E-state index contributed by atoms with van der Waals surface area (Å²) in [7, 11) is 0. The van der Waals surface area contributed by atoms with E-state index in [2.05, 4.69) is 20.9 Å². The minimum atomic E-state index is -0.243. The van der Waals surface area contributed by atoms with E-state index in [1.54, 1.807) is 19.1 Å². The van der Waals surface area contributed by atoms with Gasteiger partial charge in [0.15, 0.2) is 0 Å². The van der Waals surface area contributed by atoms with Gasteiger partial charge in [-0.1, -0.05) is 22.0 Å². The third-order valence-corrected chi connectivity index (χ3v) is 3.59. The van der Waals surface area contributed by atoms with Crippen LogP contribution in [0.15, 0.2) is 42.6 Å². The summed E-state index contributed by atoms with van der Waals surface area (Å²) >= 11 is 3.45. The standard InChI is InChI=1S/C15H12BrFN2O/c1-10-8-11(5-6-12(10)17)20-15-13(9-16)19-7-3-2-4-14(19)18-15/h2-8H,9H2,1H3. The van der Waals surface area contributed by atoms with E-state index in [4.69, 9.17) is 4.74 Å². The van der Waals surface area contributed by atoms with Crippen LogP contribution in [-0.2, 0) is 5.33 Å². The van der Waals surface area contributed by atoms with Gasteiger partial charge >= 0.3 is 0 Å². The van der Waals surface area contributed by atoms with E-state index >= 15 is 0 Å². The molecule has 0 radical (unpaired) electrons. The third kappa shape index (κ3) is 2.29. The van der Waals surface area contributed by atoms with Crippen LogP contribution in [0.5, 0.6) is 11.6 Å². The zero-order valence-electron chi connectivity index (χ0n) is 10.8. The molecule has 3 rings (SSSR count). The Morgan fingerprint density at radius 1 is 1.30 bits per heavy atom. The van der Waals surface area contributed by atoms with E-state index in [1.807, 2.05) is 28.8 Å². The molecule has 3 aromatic rings. The molecule has 5 heteroatoms. The van der Waals surface area contributed by atoms with Crippen molar-refractivity contribution < 1.29 is 9.13 Å². The van der Waals surface area contributed by atoms with Gasteiger partial charge in [0.1, 0.15) is 17.2 Å². The van der Waals surface area contributed by atoms with Crippen LogP contribution in [0.3, 0.4) is 0 Å². The molecule has 0 atom stereocenters. The van der Waals surface area contributed by atoms with Crippen LogP contribution in [0, 0.1) is 12.7 Å². The van der Waals surface area contributed by atoms with E-state index < -0.39 is 0 Å². The van der Waals surface area contributed by atoms with Crippen molar-refractivity contribution in [2.75, 3.05) is 0 Å². The molecule has 0 spiro atoms. The average molecular weight is 335 g/mol. The number of pyridine rings is 1. The Kier molecular flexibility index (Phi) is 3.44. The van der Waals surface area contributed by atoms with Gasteiger partial charge in [0, 0.05) is 11.5 Å². The molecule has 1 aromatic carbocycles. The summed E-state index contributed by atoms with van der Waals surface area (Å²) < 4.78 is 21.0. The van der Waals surface area contributed by atoms with Crippen molar-refractivity contribution in [2.45, 2.75) is 12.3 Å². The number of halogens is 2. The number of fused-ring (bicyclic) bond motifs is 1. The molecule has 0 saturated carbocycles. The maximum Gasteiger partial charge on any atom is 0.242 e. The minimum Gasteiger partial charge on any atom is -0.437 e. The van der Waals surface area contributed by atoms with Crippen LogP contribution < -0.4 is 4.74 Å². The van der Waals surface area contributed by atoms with E-state index in [1.165, 1.54) is 6.07 Å². The Bertz CT molecular complexity index is 770. The SMILES string of the molecule is Cc1cc(Oc2nc3ccccn3c2CBr)ccc1F. The first-order valence-electron chi connectivity index (χ1n) is 6.15. The van der Waals surface area contributed by atoms with E-state index in [0.29, 0.717) is 22.5 Å². The highest BCUT2D eigenvalue weighted by molar-refractivity contribution is 9.08. The average Bonchev–Trinajstić information content (AvgIpc) is 2.80. The number of rotatable bonds is 3. The van der Waals surface area contributed by atoms with Gasteiger partial charge in [0.25, 0.3) is 0 Å². The van der Waals surface area contributed by atoms with Crippen molar-refractivity contribution in [1.29, 1.82) is 0 Å². The Morgan fingerprint density at radius 3 is 2.90 bits per heavy atom. The number of ether oxygens (including phenoxy) is 1. The lowest BCUT2D eigenvalue weighted by Crippen LogP contribution is -1.92. The first-order valence-corrected chi connectivity index (χ1v) is 7.27. The fourth-order valence-electron chi connectivity index (χ4n) is 2.02. The van der Waals surface area contributed by atoms with Gasteiger partial charge in [0.2, 0.25) is 5.88 Å². The maximum atomic E-state index is 13.3. The first kappa shape index (κ1) is 13.1. The van der Waals surface area contributed by atoms with Gasteiger partial charge in [0.05, 0.1) is 5.69 Å². The first-order chi connectivity index (χ1) is 9.69. The van der Waals surface area contributed by atoms with Crippen molar-refractivity contribution in [1.82, 2.24) is 9.38 Å². The second kappa shape index (κ2) is 5.25. The Morgan fingerprint density at radius 2 is 2.15 bits per heavy atom. The van der Waals surface area contributed by atoms with Crippen molar-refractivity contribution >= 4 is 21.6 Å². The normalized spacial score (nSPS) is 10.9. The molecule has 0 aliphatic heterocycles. The zero-order chi connectivity index (χ0) is 14.1. The monoisotopic (exact) mass is 334 g/mol. The predicted octanol–water partition coefficient (Wildman–Crippen LogP) is 4.47. The fraction of sp³-hybridized carbons (Fsp3) is 0.133. The smallest absolute Gasteiger partial charge is 0.242 e. The summed E-state index contributed by atoms with van der Waals surface area (Å²) in [5.74, 6) is 0.863. The summed E-state index contributed by atoms with van der Waals surface area (Å²) in [5, 5.41) is 0.619. The minimum absolute atomic E-state index is 0.243. The highest BCUT2D eigenvalue weighted by Crippen LogP contribution is 2.28. The van der Waals surface area contributed by atoms with Crippen molar-refractivity contribution in [3.63, 3.8) is 0 Å². The molecule has 102 valence electrons. The Labute approximate surface area is 124 Å². The van der Waals surface area contributed by atoms with Crippen LogP contribution in [-0.4, -0.2) is 9.38 Å². The largest absolute Gasteiger partial charge is 0.437 e. The van der Waals surface area contributed by atoms with Gasteiger partial charge in [-0.05, 0) is 42.8 Å². The number of imidazole rings is 1. The molecule has 0 saturated heterocycles. The number of benzene rings is 1. The van der Waals surface area contributed by atoms with Gasteiger partial charge < -0.3 is 4.74 Å². The number of alkyl halides is 1. The van der Waals surface area contributed by atoms with Gasteiger partial charge in [-0.2, -0.15) is 4.98 Å². The third-order valence-electron chi connectivity index (χ3n) is 3.06. The lowest BCUT2D eigenvalue weighted by molar-refractivity contribution is 0.459. The molecule has 0 N–H and O–H groups in total. The van der Waals surface area contributed by atoms with Gasteiger partial charge in [-0.3, -0.25) is 4.40 Å². The second-order valence-corrected chi connectivity index (χ2v) is 5.00. The van der Waals surface area contributed by atoms with E-state index in [9.17, 15) is 4.39 Å². The van der Waals surface area contributed by atoms with Crippen molar-refractivity contribution in [3.05, 3.63) is 59.7 Å². The number of aryl methyl sites for hydroxylation is 1. The molecule has 2 heterocycles. The topological polar surface area (TPSA) is 26.5 Å². The summed E-state index contributed by atoms with van der Waals surface area (Å²) in [4.78, 5) is 4.45. The molecule has 20 heavy (non-hydrogen) atoms. The lowest BCUT2D eigenvalue weighted by Gasteiger charge is -2.05. The van der Waals surface area contributed by atoms with Crippen LogP contribution in [0.25, 0.3) is 5.65 Å². The fourth-order valence-corrected chi connectivity index (χ4v) is 2.53. The summed E-state index contributed by atoms with van der Waals surface area (Å²) in [6.07, 6.45) is 1.93. The molecule has 0 amide bonds. The van der Waals surface area contributed by atoms with E-state index in [-0.39, 0.29) is 5.82 Å². The van der Waals surface area contributed by atoms with Crippen LogP contribution in [0.2, 0.25) is 0 Å². The quantitative estimate of drug-likeness (QED) is 0.660. The number of aromatic nitrogens is 2.